The van der Waals surface area contributed by atoms with Crippen LogP contribution >= 0.6 is 11.3 Å². The SMILES string of the molecule is Nc1cnc(-c2cccc(C(F)(F)F)c2)s1. The van der Waals surface area contributed by atoms with Crippen molar-refractivity contribution in [3.05, 3.63) is 36.0 Å². The maximum Gasteiger partial charge on any atom is 0.416 e. The van der Waals surface area contributed by atoms with E-state index in [0.717, 1.165) is 23.5 Å². The number of halogens is 3. The Balaban J connectivity index is 2.44. The minimum Gasteiger partial charge on any atom is -0.389 e. The summed E-state index contributed by atoms with van der Waals surface area (Å²) in [5, 5.41) is 0.969. The van der Waals surface area contributed by atoms with Gasteiger partial charge in [-0.15, -0.1) is 0 Å². The number of nitrogens with zero attached hydrogens (tertiary/aromatic N) is 1. The second-order valence-corrected chi connectivity index (χ2v) is 4.21. The van der Waals surface area contributed by atoms with Crippen LogP contribution < -0.4 is 5.73 Å². The lowest BCUT2D eigenvalue weighted by Gasteiger charge is -2.07. The van der Waals surface area contributed by atoms with Crippen LogP contribution in [0, 0.1) is 0 Å². The first-order chi connectivity index (χ1) is 7.47. The quantitative estimate of drug-likeness (QED) is 0.834. The average Bonchev–Trinajstić information content (AvgIpc) is 2.64. The van der Waals surface area contributed by atoms with Crippen LogP contribution in [-0.2, 0) is 6.18 Å². The van der Waals surface area contributed by atoms with Gasteiger partial charge in [0.05, 0.1) is 11.8 Å². The molecular formula is C10H7F3N2S. The highest BCUT2D eigenvalue weighted by molar-refractivity contribution is 7.18. The number of anilines is 1. The molecule has 0 saturated heterocycles. The van der Waals surface area contributed by atoms with Crippen LogP contribution in [0.2, 0.25) is 0 Å². The summed E-state index contributed by atoms with van der Waals surface area (Å²) in [6.45, 7) is 0. The van der Waals surface area contributed by atoms with Crippen molar-refractivity contribution >= 4 is 16.3 Å². The van der Waals surface area contributed by atoms with Crippen molar-refractivity contribution in [1.82, 2.24) is 4.98 Å². The van der Waals surface area contributed by atoms with Gasteiger partial charge in [-0.3, -0.25) is 0 Å². The zero-order valence-corrected chi connectivity index (χ0v) is 8.77. The lowest BCUT2D eigenvalue weighted by atomic mass is 10.1. The van der Waals surface area contributed by atoms with Gasteiger partial charge >= 0.3 is 6.18 Å². The Morgan fingerprint density at radius 3 is 2.56 bits per heavy atom. The summed E-state index contributed by atoms with van der Waals surface area (Å²) in [6.07, 6.45) is -2.90. The summed E-state index contributed by atoms with van der Waals surface area (Å²) < 4.78 is 37.3. The van der Waals surface area contributed by atoms with Gasteiger partial charge in [0.1, 0.15) is 10.0 Å². The smallest absolute Gasteiger partial charge is 0.389 e. The number of rotatable bonds is 1. The Hall–Kier alpha value is -1.56. The Labute approximate surface area is 93.5 Å². The van der Waals surface area contributed by atoms with Gasteiger partial charge in [-0.05, 0) is 12.1 Å². The Morgan fingerprint density at radius 1 is 1.25 bits per heavy atom. The third kappa shape index (κ3) is 2.16. The molecule has 1 aromatic carbocycles. The molecule has 0 spiro atoms. The first-order valence-corrected chi connectivity index (χ1v) is 5.17. The Kier molecular flexibility index (Phi) is 2.59. The average molecular weight is 244 g/mol. The minimum absolute atomic E-state index is 0.427. The highest BCUT2D eigenvalue weighted by Gasteiger charge is 2.30. The zero-order valence-electron chi connectivity index (χ0n) is 7.95. The van der Waals surface area contributed by atoms with Crippen LogP contribution in [0.15, 0.2) is 30.5 Å². The first kappa shape index (κ1) is 10.9. The molecule has 0 atom stereocenters. The molecule has 1 aromatic heterocycles. The molecule has 0 fully saturated rings. The number of hydrogen-bond donors (Lipinski definition) is 1. The van der Waals surface area contributed by atoms with Gasteiger partial charge in [-0.2, -0.15) is 13.2 Å². The first-order valence-electron chi connectivity index (χ1n) is 4.36. The summed E-state index contributed by atoms with van der Waals surface area (Å²) in [7, 11) is 0. The van der Waals surface area contributed by atoms with E-state index < -0.39 is 11.7 Å². The number of thiazole rings is 1. The molecule has 1 heterocycles. The summed E-state index contributed by atoms with van der Waals surface area (Å²) in [5.41, 5.74) is 5.22. The van der Waals surface area contributed by atoms with E-state index in [2.05, 4.69) is 4.98 Å². The van der Waals surface area contributed by atoms with Crippen molar-refractivity contribution in [1.29, 1.82) is 0 Å². The van der Waals surface area contributed by atoms with E-state index in [4.69, 9.17) is 5.73 Å². The molecule has 0 aliphatic carbocycles. The topological polar surface area (TPSA) is 38.9 Å². The van der Waals surface area contributed by atoms with Crippen LogP contribution in [0.1, 0.15) is 5.56 Å². The molecule has 0 amide bonds. The molecule has 2 nitrogen and oxygen atoms in total. The van der Waals surface area contributed by atoms with E-state index in [1.165, 1.54) is 12.3 Å². The van der Waals surface area contributed by atoms with Gasteiger partial charge in [0.25, 0.3) is 0 Å². The van der Waals surface area contributed by atoms with E-state index >= 15 is 0 Å². The third-order valence-corrected chi connectivity index (χ3v) is 2.84. The van der Waals surface area contributed by atoms with Crippen molar-refractivity contribution in [3.63, 3.8) is 0 Å². The fraction of sp³-hybridized carbons (Fsp3) is 0.100. The zero-order chi connectivity index (χ0) is 11.8. The van der Waals surface area contributed by atoms with Gasteiger partial charge in [0.15, 0.2) is 0 Å². The highest BCUT2D eigenvalue weighted by Crippen LogP contribution is 2.33. The molecule has 84 valence electrons. The number of benzene rings is 1. The predicted octanol–water partition coefficient (Wildman–Crippen LogP) is 3.41. The molecule has 0 aliphatic rings. The molecule has 0 radical (unpaired) electrons. The Morgan fingerprint density at radius 2 is 2.00 bits per heavy atom. The van der Waals surface area contributed by atoms with Gasteiger partial charge in [0.2, 0.25) is 0 Å². The lowest BCUT2D eigenvalue weighted by Crippen LogP contribution is -2.04. The summed E-state index contributed by atoms with van der Waals surface area (Å²) in [5.74, 6) is 0. The van der Waals surface area contributed by atoms with Gasteiger partial charge in [0, 0.05) is 5.56 Å². The largest absolute Gasteiger partial charge is 0.416 e. The number of alkyl halides is 3. The summed E-state index contributed by atoms with van der Waals surface area (Å²) >= 11 is 1.16. The molecule has 6 heteroatoms. The number of nitrogens with two attached hydrogens (primary N) is 1. The van der Waals surface area contributed by atoms with Gasteiger partial charge in [-0.25, -0.2) is 4.98 Å². The molecule has 2 rings (SSSR count). The maximum absolute atomic E-state index is 12.4. The minimum atomic E-state index is -4.33. The third-order valence-electron chi connectivity index (χ3n) is 1.96. The molecule has 0 bridgehead atoms. The van der Waals surface area contributed by atoms with E-state index in [9.17, 15) is 13.2 Å². The summed E-state index contributed by atoms with van der Waals surface area (Å²) in [6, 6.07) is 5.03. The van der Waals surface area contributed by atoms with Crippen LogP contribution in [0.25, 0.3) is 10.6 Å². The molecule has 0 saturated carbocycles. The van der Waals surface area contributed by atoms with Crippen molar-refractivity contribution < 1.29 is 13.2 Å². The predicted molar refractivity (Wildman–Crippen MR) is 57.0 cm³/mol. The van der Waals surface area contributed by atoms with Gasteiger partial charge in [-0.1, -0.05) is 23.5 Å². The fourth-order valence-corrected chi connectivity index (χ4v) is 1.93. The summed E-state index contributed by atoms with van der Waals surface area (Å²) in [4.78, 5) is 3.94. The highest BCUT2D eigenvalue weighted by atomic mass is 32.1. The van der Waals surface area contributed by atoms with Crippen molar-refractivity contribution in [2.45, 2.75) is 6.18 Å². The molecular weight excluding hydrogens is 237 g/mol. The normalized spacial score (nSPS) is 11.7. The number of aromatic nitrogens is 1. The van der Waals surface area contributed by atoms with E-state index in [0.29, 0.717) is 15.6 Å². The van der Waals surface area contributed by atoms with Crippen LogP contribution in [0.3, 0.4) is 0 Å². The van der Waals surface area contributed by atoms with Crippen LogP contribution in [-0.4, -0.2) is 4.98 Å². The van der Waals surface area contributed by atoms with Crippen molar-refractivity contribution in [2.24, 2.45) is 0 Å². The monoisotopic (exact) mass is 244 g/mol. The van der Waals surface area contributed by atoms with Crippen molar-refractivity contribution in [3.8, 4) is 10.6 Å². The van der Waals surface area contributed by atoms with Crippen molar-refractivity contribution in [2.75, 3.05) is 5.73 Å². The molecule has 16 heavy (non-hydrogen) atoms. The molecule has 0 unspecified atom stereocenters. The van der Waals surface area contributed by atoms with E-state index in [1.54, 1.807) is 6.07 Å². The number of hydrogen-bond acceptors (Lipinski definition) is 3. The molecule has 2 N–H and O–H groups in total. The maximum atomic E-state index is 12.4. The van der Waals surface area contributed by atoms with Crippen LogP contribution in [0.5, 0.6) is 0 Å². The fourth-order valence-electron chi connectivity index (χ4n) is 1.25. The van der Waals surface area contributed by atoms with Crippen LogP contribution in [0.4, 0.5) is 18.2 Å². The molecule has 2 aromatic rings. The van der Waals surface area contributed by atoms with E-state index in [-0.39, 0.29) is 0 Å². The Bertz CT molecular complexity index is 505. The number of nitrogen functional groups attached to an aromatic ring is 1. The lowest BCUT2D eigenvalue weighted by molar-refractivity contribution is -0.137. The second-order valence-electron chi connectivity index (χ2n) is 3.15. The molecule has 0 aliphatic heterocycles. The van der Waals surface area contributed by atoms with E-state index in [1.807, 2.05) is 0 Å². The second kappa shape index (κ2) is 3.79. The van der Waals surface area contributed by atoms with Gasteiger partial charge < -0.3 is 5.73 Å². The standard InChI is InChI=1S/C10H7F3N2S/c11-10(12,13)7-3-1-2-6(4-7)9-15-5-8(14)16-9/h1-5H,14H2.